The van der Waals surface area contributed by atoms with E-state index in [0.29, 0.717) is 13.0 Å². The van der Waals surface area contributed by atoms with Gasteiger partial charge in [-0.05, 0) is 31.4 Å². The number of piperidine rings is 1. The maximum absolute atomic E-state index is 12.7. The summed E-state index contributed by atoms with van der Waals surface area (Å²) in [5.41, 5.74) is 1.02. The topological polar surface area (TPSA) is 67.3 Å². The molecule has 2 atom stereocenters. The lowest BCUT2D eigenvalue weighted by atomic mass is 9.97. The standard InChI is InChI=1S/C17H20N2O3S2/c20-17(13-7-9-24(21,22)11-13)19-8-3-4-12(10-19)16-18-14-5-1-2-6-15(14)23-16/h1-2,5-6,12-13H,3-4,7-11H2. The Bertz CT molecular complexity index is 842. The third-order valence-electron chi connectivity index (χ3n) is 4.97. The summed E-state index contributed by atoms with van der Waals surface area (Å²) in [4.78, 5) is 19.3. The number of amides is 1. The molecule has 0 radical (unpaired) electrons. The molecule has 0 saturated carbocycles. The molecule has 2 aliphatic heterocycles. The Balaban J connectivity index is 1.50. The molecule has 5 nitrogen and oxygen atoms in total. The number of hydrogen-bond donors (Lipinski definition) is 0. The van der Waals surface area contributed by atoms with E-state index in [1.807, 2.05) is 23.1 Å². The third kappa shape index (κ3) is 3.07. The molecule has 2 aliphatic rings. The fourth-order valence-electron chi connectivity index (χ4n) is 3.69. The molecule has 2 fully saturated rings. The first-order valence-electron chi connectivity index (χ1n) is 8.36. The van der Waals surface area contributed by atoms with Crippen molar-refractivity contribution in [2.45, 2.75) is 25.2 Å². The highest BCUT2D eigenvalue weighted by atomic mass is 32.2. The maximum Gasteiger partial charge on any atom is 0.226 e. The van der Waals surface area contributed by atoms with Crippen LogP contribution >= 0.6 is 11.3 Å². The zero-order valence-electron chi connectivity index (χ0n) is 13.3. The van der Waals surface area contributed by atoms with E-state index in [4.69, 9.17) is 4.98 Å². The van der Waals surface area contributed by atoms with Crippen molar-refractivity contribution in [3.05, 3.63) is 29.3 Å². The first-order valence-corrected chi connectivity index (χ1v) is 11.0. The largest absolute Gasteiger partial charge is 0.342 e. The Morgan fingerprint density at radius 2 is 2.08 bits per heavy atom. The van der Waals surface area contributed by atoms with Crippen LogP contribution in [0.2, 0.25) is 0 Å². The molecule has 2 unspecified atom stereocenters. The molecule has 2 saturated heterocycles. The molecule has 1 aromatic carbocycles. The molecule has 4 rings (SSSR count). The number of fused-ring (bicyclic) bond motifs is 1. The number of nitrogens with zero attached hydrogens (tertiary/aromatic N) is 2. The Hall–Kier alpha value is -1.47. The van der Waals surface area contributed by atoms with E-state index in [9.17, 15) is 13.2 Å². The third-order valence-corrected chi connectivity index (χ3v) is 7.94. The number of thiazole rings is 1. The van der Waals surface area contributed by atoms with E-state index in [0.717, 1.165) is 29.9 Å². The van der Waals surface area contributed by atoms with Crippen molar-refractivity contribution in [1.29, 1.82) is 0 Å². The van der Waals surface area contributed by atoms with Crippen molar-refractivity contribution in [2.75, 3.05) is 24.6 Å². The van der Waals surface area contributed by atoms with Gasteiger partial charge in [-0.15, -0.1) is 11.3 Å². The maximum atomic E-state index is 12.7. The fourth-order valence-corrected chi connectivity index (χ4v) is 6.52. The molecular formula is C17H20N2O3S2. The number of aromatic nitrogens is 1. The lowest BCUT2D eigenvalue weighted by Gasteiger charge is -2.33. The van der Waals surface area contributed by atoms with Gasteiger partial charge in [0.2, 0.25) is 5.91 Å². The van der Waals surface area contributed by atoms with Gasteiger partial charge in [-0.3, -0.25) is 4.79 Å². The molecule has 0 bridgehead atoms. The van der Waals surface area contributed by atoms with Crippen LogP contribution in [-0.4, -0.2) is 48.8 Å². The highest BCUT2D eigenvalue weighted by molar-refractivity contribution is 7.91. The van der Waals surface area contributed by atoms with Crippen molar-refractivity contribution in [3.63, 3.8) is 0 Å². The highest BCUT2D eigenvalue weighted by Gasteiger charge is 2.37. The fraction of sp³-hybridized carbons (Fsp3) is 0.529. The number of hydrogen-bond acceptors (Lipinski definition) is 5. The first kappa shape index (κ1) is 16.0. The minimum atomic E-state index is -3.02. The summed E-state index contributed by atoms with van der Waals surface area (Å²) >= 11 is 1.70. The van der Waals surface area contributed by atoms with Crippen molar-refractivity contribution < 1.29 is 13.2 Å². The number of rotatable bonds is 2. The molecule has 128 valence electrons. The van der Waals surface area contributed by atoms with E-state index in [1.165, 1.54) is 4.70 Å². The van der Waals surface area contributed by atoms with Crippen molar-refractivity contribution in [1.82, 2.24) is 9.88 Å². The van der Waals surface area contributed by atoms with Crippen LogP contribution < -0.4 is 0 Å². The van der Waals surface area contributed by atoms with E-state index < -0.39 is 9.84 Å². The number of carbonyl (C=O) groups is 1. The summed E-state index contributed by atoms with van der Waals surface area (Å²) in [6.45, 7) is 1.39. The van der Waals surface area contributed by atoms with Crippen LogP contribution in [0, 0.1) is 5.92 Å². The SMILES string of the molecule is O=C(C1CCS(=O)(=O)C1)N1CCCC(c2nc3ccccc3s2)C1. The smallest absolute Gasteiger partial charge is 0.226 e. The molecule has 7 heteroatoms. The van der Waals surface area contributed by atoms with Crippen LogP contribution in [0.15, 0.2) is 24.3 Å². The van der Waals surface area contributed by atoms with Gasteiger partial charge in [-0.1, -0.05) is 12.1 Å². The lowest BCUT2D eigenvalue weighted by molar-refractivity contribution is -0.135. The van der Waals surface area contributed by atoms with Gasteiger partial charge in [0.05, 0.1) is 32.6 Å². The van der Waals surface area contributed by atoms with E-state index >= 15 is 0 Å². The van der Waals surface area contributed by atoms with Gasteiger partial charge in [-0.2, -0.15) is 0 Å². The molecule has 0 aliphatic carbocycles. The van der Waals surface area contributed by atoms with Gasteiger partial charge in [-0.25, -0.2) is 13.4 Å². The average molecular weight is 364 g/mol. The van der Waals surface area contributed by atoms with E-state index in [-0.39, 0.29) is 29.2 Å². The number of carbonyl (C=O) groups excluding carboxylic acids is 1. The Morgan fingerprint density at radius 3 is 2.83 bits per heavy atom. The summed E-state index contributed by atoms with van der Waals surface area (Å²) in [5, 5.41) is 1.09. The number of likely N-dealkylation sites (tertiary alicyclic amines) is 1. The molecule has 24 heavy (non-hydrogen) atoms. The molecule has 1 amide bonds. The van der Waals surface area contributed by atoms with Gasteiger partial charge in [0, 0.05) is 19.0 Å². The summed E-state index contributed by atoms with van der Waals surface area (Å²) < 4.78 is 24.4. The quantitative estimate of drug-likeness (QED) is 0.821. The number of benzene rings is 1. The van der Waals surface area contributed by atoms with E-state index in [2.05, 4.69) is 6.07 Å². The van der Waals surface area contributed by atoms with Crippen LogP contribution in [0.1, 0.15) is 30.2 Å². The minimum absolute atomic E-state index is 0.0156. The second-order valence-corrected chi connectivity index (χ2v) is 10.0. The van der Waals surface area contributed by atoms with Crippen molar-refractivity contribution >= 4 is 37.3 Å². The molecular weight excluding hydrogens is 344 g/mol. The monoisotopic (exact) mass is 364 g/mol. The van der Waals surface area contributed by atoms with Gasteiger partial charge in [0.1, 0.15) is 0 Å². The van der Waals surface area contributed by atoms with Gasteiger partial charge in [0.25, 0.3) is 0 Å². The predicted molar refractivity (Wildman–Crippen MR) is 94.9 cm³/mol. The molecule has 1 aromatic heterocycles. The van der Waals surface area contributed by atoms with Gasteiger partial charge in [0.15, 0.2) is 9.84 Å². The van der Waals surface area contributed by atoms with Crippen molar-refractivity contribution in [2.24, 2.45) is 5.92 Å². The normalized spacial score (nSPS) is 26.8. The Kier molecular flexibility index (Phi) is 4.08. The summed E-state index contributed by atoms with van der Waals surface area (Å²) in [7, 11) is -3.02. The summed E-state index contributed by atoms with van der Waals surface area (Å²) in [5.74, 6) is 0.108. The zero-order chi connectivity index (χ0) is 16.7. The second kappa shape index (κ2) is 6.11. The van der Waals surface area contributed by atoms with Gasteiger partial charge >= 0.3 is 0 Å². The molecule has 2 aromatic rings. The van der Waals surface area contributed by atoms with Gasteiger partial charge < -0.3 is 4.90 Å². The van der Waals surface area contributed by atoms with Crippen LogP contribution in [0.4, 0.5) is 0 Å². The second-order valence-electron chi connectivity index (χ2n) is 6.74. The van der Waals surface area contributed by atoms with Crippen LogP contribution in [0.5, 0.6) is 0 Å². The van der Waals surface area contributed by atoms with Crippen LogP contribution in [-0.2, 0) is 14.6 Å². The summed E-state index contributed by atoms with van der Waals surface area (Å²) in [6.07, 6.45) is 2.46. The van der Waals surface area contributed by atoms with E-state index in [1.54, 1.807) is 11.3 Å². The average Bonchev–Trinajstić information content (AvgIpc) is 3.17. The Labute approximate surface area is 145 Å². The lowest BCUT2D eigenvalue weighted by Crippen LogP contribution is -2.42. The summed E-state index contributed by atoms with van der Waals surface area (Å²) in [6, 6.07) is 8.10. The zero-order valence-corrected chi connectivity index (χ0v) is 15.0. The van der Waals surface area contributed by atoms with Crippen LogP contribution in [0.3, 0.4) is 0 Å². The number of sulfone groups is 1. The predicted octanol–water partition coefficient (Wildman–Crippen LogP) is 2.44. The molecule has 0 spiro atoms. The van der Waals surface area contributed by atoms with Crippen LogP contribution in [0.25, 0.3) is 10.2 Å². The minimum Gasteiger partial charge on any atom is -0.342 e. The van der Waals surface area contributed by atoms with Crippen molar-refractivity contribution in [3.8, 4) is 0 Å². The Morgan fingerprint density at radius 1 is 1.25 bits per heavy atom. The highest BCUT2D eigenvalue weighted by Crippen LogP contribution is 2.34. The number of para-hydroxylation sites is 1. The first-order chi connectivity index (χ1) is 11.5. The molecule has 3 heterocycles. The molecule has 0 N–H and O–H groups in total.